The van der Waals surface area contributed by atoms with Crippen LogP contribution in [0.3, 0.4) is 0 Å². The fraction of sp³-hybridized carbons (Fsp3) is 0.300. The van der Waals surface area contributed by atoms with Gasteiger partial charge in [-0.15, -0.1) is 0 Å². The molecular weight excluding hydrogens is 266 g/mol. The van der Waals surface area contributed by atoms with Crippen LogP contribution in [0.1, 0.15) is 23.7 Å². The zero-order valence-corrected chi connectivity index (χ0v) is 10.7. The van der Waals surface area contributed by atoms with E-state index in [-0.39, 0.29) is 17.0 Å². The number of carboxylic acids is 1. The van der Waals surface area contributed by atoms with Crippen molar-refractivity contribution in [1.29, 1.82) is 0 Å². The summed E-state index contributed by atoms with van der Waals surface area (Å²) in [4.78, 5) is 10.6. The highest BCUT2D eigenvalue weighted by Crippen LogP contribution is 2.21. The predicted molar refractivity (Wildman–Crippen MR) is 65.8 cm³/mol. The van der Waals surface area contributed by atoms with Crippen molar-refractivity contribution in [3.8, 4) is 0 Å². The van der Waals surface area contributed by atoms with Crippen molar-refractivity contribution in [2.75, 3.05) is 9.58 Å². The minimum absolute atomic E-state index is 0.0584. The van der Waals surface area contributed by atoms with Gasteiger partial charge in [0.1, 0.15) is 0 Å². The molecule has 0 unspecified atom stereocenters. The highest BCUT2D eigenvalue weighted by atomic mass is 35.5. The smallest absolute Gasteiger partial charge is 0.335 e. The Hall–Kier alpha value is -1.27. The van der Waals surface area contributed by atoms with Gasteiger partial charge in [-0.1, -0.05) is 6.92 Å². The summed E-state index contributed by atoms with van der Waals surface area (Å²) in [7, 11) is -3.55. The van der Waals surface area contributed by atoms with E-state index < -0.39 is 16.0 Å². The molecule has 17 heavy (non-hydrogen) atoms. The van der Waals surface area contributed by atoms with Gasteiger partial charge in [0.05, 0.1) is 17.0 Å². The number of aromatic carboxylic acids is 1. The number of hydrogen-bond donors (Lipinski definition) is 1. The molecule has 1 N–H and O–H groups in total. The lowest BCUT2D eigenvalue weighted by atomic mass is 10.2. The molecule has 0 fully saturated rings. The van der Waals surface area contributed by atoms with Crippen molar-refractivity contribution in [3.63, 3.8) is 0 Å². The molecule has 0 atom stereocenters. The maximum atomic E-state index is 11.6. The van der Waals surface area contributed by atoms with Gasteiger partial charge in [0.15, 0.2) is 0 Å². The predicted octanol–water partition coefficient (Wildman–Crippen LogP) is 2.08. The molecule has 1 aromatic carbocycles. The topological polar surface area (TPSA) is 74.7 Å². The summed E-state index contributed by atoms with van der Waals surface area (Å²) in [5.41, 5.74) is 0.303. The molecule has 1 aromatic rings. The minimum atomic E-state index is -3.55. The van der Waals surface area contributed by atoms with Gasteiger partial charge in [-0.25, -0.2) is 13.2 Å². The Labute approximate surface area is 105 Å². The molecule has 0 amide bonds. The van der Waals surface area contributed by atoms with Gasteiger partial charge in [0.25, 0.3) is 0 Å². The Morgan fingerprint density at radius 1 is 1.35 bits per heavy atom. The zero-order chi connectivity index (χ0) is 13.1. The number of carbonyl (C=O) groups is 1. The van der Waals surface area contributed by atoms with E-state index in [0.29, 0.717) is 10.2 Å². The molecule has 0 saturated carbocycles. The molecule has 0 aliphatic carbocycles. The summed E-state index contributed by atoms with van der Waals surface area (Å²) in [6, 6.07) is 5.30. The van der Waals surface area contributed by atoms with Gasteiger partial charge < -0.3 is 5.11 Å². The number of sulfonamides is 1. The first-order chi connectivity index (χ1) is 7.88. The van der Waals surface area contributed by atoms with E-state index in [1.165, 1.54) is 24.3 Å². The SMILES string of the molecule is CCCS(=O)(=O)N(Cl)c1ccc(C(=O)O)cc1. The van der Waals surface area contributed by atoms with Crippen LogP contribution in [0.4, 0.5) is 5.69 Å². The second-order valence-electron chi connectivity index (χ2n) is 3.38. The normalized spacial score (nSPS) is 11.2. The van der Waals surface area contributed by atoms with Crippen LogP contribution in [-0.4, -0.2) is 25.2 Å². The maximum Gasteiger partial charge on any atom is 0.335 e. The van der Waals surface area contributed by atoms with Crippen LogP contribution in [0.15, 0.2) is 24.3 Å². The summed E-state index contributed by atoms with van der Waals surface area (Å²) >= 11 is 5.71. The molecule has 0 heterocycles. The quantitative estimate of drug-likeness (QED) is 0.836. The van der Waals surface area contributed by atoms with E-state index in [0.717, 1.165) is 0 Å². The molecule has 0 aromatic heterocycles. The molecule has 0 aliphatic heterocycles. The van der Waals surface area contributed by atoms with Crippen molar-refractivity contribution in [3.05, 3.63) is 29.8 Å². The fourth-order valence-electron chi connectivity index (χ4n) is 1.22. The molecule has 1 rings (SSSR count). The molecule has 0 bridgehead atoms. The molecule has 0 spiro atoms. The third-order valence-electron chi connectivity index (χ3n) is 2.02. The van der Waals surface area contributed by atoms with Crippen LogP contribution in [-0.2, 0) is 10.0 Å². The zero-order valence-electron chi connectivity index (χ0n) is 9.13. The molecule has 0 radical (unpaired) electrons. The van der Waals surface area contributed by atoms with E-state index >= 15 is 0 Å². The Bertz CT molecular complexity index is 498. The van der Waals surface area contributed by atoms with E-state index in [1.54, 1.807) is 6.92 Å². The first kappa shape index (κ1) is 13.8. The van der Waals surface area contributed by atoms with Crippen molar-refractivity contribution in [2.24, 2.45) is 0 Å². The Morgan fingerprint density at radius 3 is 2.29 bits per heavy atom. The maximum absolute atomic E-state index is 11.6. The van der Waals surface area contributed by atoms with Gasteiger partial charge in [-0.2, -0.15) is 3.82 Å². The fourth-order valence-corrected chi connectivity index (χ4v) is 2.66. The second kappa shape index (κ2) is 5.37. The molecular formula is C10H12ClNO4S. The monoisotopic (exact) mass is 277 g/mol. The van der Waals surface area contributed by atoms with Gasteiger partial charge in [0, 0.05) is 11.8 Å². The lowest BCUT2D eigenvalue weighted by Crippen LogP contribution is -2.23. The summed E-state index contributed by atoms with van der Waals surface area (Å²) < 4.78 is 23.9. The van der Waals surface area contributed by atoms with Gasteiger partial charge in [-0.3, -0.25) is 0 Å². The third kappa shape index (κ3) is 3.34. The molecule has 5 nitrogen and oxygen atoms in total. The molecule has 94 valence electrons. The average molecular weight is 278 g/mol. The first-order valence-electron chi connectivity index (χ1n) is 4.90. The van der Waals surface area contributed by atoms with Gasteiger partial charge >= 0.3 is 5.97 Å². The number of halogens is 1. The number of anilines is 1. The van der Waals surface area contributed by atoms with Crippen LogP contribution in [0.5, 0.6) is 0 Å². The van der Waals surface area contributed by atoms with Crippen molar-refractivity contribution < 1.29 is 18.3 Å². The average Bonchev–Trinajstić information content (AvgIpc) is 2.28. The Morgan fingerprint density at radius 2 is 1.88 bits per heavy atom. The number of carboxylic acid groups (broad SMARTS) is 1. The lowest BCUT2D eigenvalue weighted by molar-refractivity contribution is 0.0697. The lowest BCUT2D eigenvalue weighted by Gasteiger charge is -2.15. The van der Waals surface area contributed by atoms with Crippen molar-refractivity contribution in [2.45, 2.75) is 13.3 Å². The number of nitrogens with zero attached hydrogens (tertiary/aromatic N) is 1. The highest BCUT2D eigenvalue weighted by molar-refractivity contribution is 7.94. The van der Waals surface area contributed by atoms with Gasteiger partial charge in [-0.05, 0) is 30.7 Å². The molecule has 0 saturated heterocycles. The Balaban J connectivity index is 2.98. The van der Waals surface area contributed by atoms with E-state index in [4.69, 9.17) is 16.9 Å². The Kier molecular flexibility index (Phi) is 4.36. The van der Waals surface area contributed by atoms with Crippen LogP contribution in [0.2, 0.25) is 0 Å². The number of benzene rings is 1. The van der Waals surface area contributed by atoms with Crippen LogP contribution in [0, 0.1) is 0 Å². The number of hydrogen-bond acceptors (Lipinski definition) is 3. The van der Waals surface area contributed by atoms with Crippen LogP contribution >= 0.6 is 11.8 Å². The second-order valence-corrected chi connectivity index (χ2v) is 5.86. The van der Waals surface area contributed by atoms with Crippen LogP contribution in [0.25, 0.3) is 0 Å². The van der Waals surface area contributed by atoms with Crippen molar-refractivity contribution in [1.82, 2.24) is 0 Å². The number of rotatable bonds is 5. The van der Waals surface area contributed by atoms with E-state index in [1.807, 2.05) is 0 Å². The third-order valence-corrected chi connectivity index (χ3v) is 4.47. The first-order valence-corrected chi connectivity index (χ1v) is 6.85. The molecule has 7 heteroatoms. The van der Waals surface area contributed by atoms with E-state index in [9.17, 15) is 13.2 Å². The molecule has 0 aliphatic rings. The van der Waals surface area contributed by atoms with Crippen LogP contribution < -0.4 is 3.82 Å². The summed E-state index contributed by atoms with van der Waals surface area (Å²) in [5, 5.41) is 8.69. The summed E-state index contributed by atoms with van der Waals surface area (Å²) in [6.07, 6.45) is 0.457. The van der Waals surface area contributed by atoms with Gasteiger partial charge in [0.2, 0.25) is 10.0 Å². The highest BCUT2D eigenvalue weighted by Gasteiger charge is 2.19. The summed E-state index contributed by atoms with van der Waals surface area (Å²) in [6.45, 7) is 1.73. The summed E-state index contributed by atoms with van der Waals surface area (Å²) in [5.74, 6) is -1.13. The van der Waals surface area contributed by atoms with E-state index in [2.05, 4.69) is 0 Å². The largest absolute Gasteiger partial charge is 0.478 e. The standard InChI is InChI=1S/C10H12ClNO4S/c1-2-7-17(15,16)12(11)9-5-3-8(4-6-9)10(13)14/h3-6H,2,7H2,1H3,(H,13,14). The minimum Gasteiger partial charge on any atom is -0.478 e. The van der Waals surface area contributed by atoms with Crippen molar-refractivity contribution >= 4 is 33.5 Å².